The van der Waals surface area contributed by atoms with Crippen LogP contribution in [-0.4, -0.2) is 28.8 Å². The summed E-state index contributed by atoms with van der Waals surface area (Å²) in [6.07, 6.45) is -0.825. The highest BCUT2D eigenvalue weighted by atomic mass is 79.9. The average molecular weight is 327 g/mol. The predicted molar refractivity (Wildman–Crippen MR) is 75.4 cm³/mol. The number of benzene rings is 1. The number of hydrogen-bond donors (Lipinski definition) is 1. The minimum atomic E-state index is -0.825. The van der Waals surface area contributed by atoms with Crippen molar-refractivity contribution in [3.05, 3.63) is 24.3 Å². The molecule has 0 saturated heterocycles. The summed E-state index contributed by atoms with van der Waals surface area (Å²) < 4.78 is 4.78. The highest BCUT2D eigenvalue weighted by Crippen LogP contribution is 2.35. The lowest BCUT2D eigenvalue weighted by Crippen LogP contribution is -2.52. The molecule has 2 N–H and O–H groups in total. The summed E-state index contributed by atoms with van der Waals surface area (Å²) in [6.45, 7) is 3.64. The Balaban J connectivity index is 2.42. The Bertz CT molecular complexity index is 525. The van der Waals surface area contributed by atoms with Crippen LogP contribution < -0.4 is 15.4 Å². The van der Waals surface area contributed by atoms with Gasteiger partial charge >= 0.3 is 0 Å². The van der Waals surface area contributed by atoms with Crippen LogP contribution in [0.25, 0.3) is 0 Å². The van der Waals surface area contributed by atoms with E-state index < -0.39 is 16.3 Å². The minimum absolute atomic E-state index is 0.125. The molecule has 0 aromatic heterocycles. The fourth-order valence-corrected chi connectivity index (χ4v) is 2.11. The molecule has 19 heavy (non-hydrogen) atoms. The van der Waals surface area contributed by atoms with Crippen molar-refractivity contribution in [3.8, 4) is 5.75 Å². The molecule has 0 radical (unpaired) electrons. The van der Waals surface area contributed by atoms with Crippen LogP contribution in [0.3, 0.4) is 0 Å². The number of alkyl halides is 1. The van der Waals surface area contributed by atoms with Crippen LogP contribution >= 0.6 is 15.9 Å². The Kier molecular flexibility index (Phi) is 3.54. The van der Waals surface area contributed by atoms with E-state index in [4.69, 9.17) is 10.5 Å². The summed E-state index contributed by atoms with van der Waals surface area (Å²) in [5, 5.41) is 0. The topological polar surface area (TPSA) is 72.6 Å². The van der Waals surface area contributed by atoms with Gasteiger partial charge in [-0.2, -0.15) is 0 Å². The highest BCUT2D eigenvalue weighted by molar-refractivity contribution is 9.10. The smallest absolute Gasteiger partial charge is 0.260 e. The van der Waals surface area contributed by atoms with Crippen LogP contribution in [0, 0.1) is 0 Å². The summed E-state index contributed by atoms with van der Waals surface area (Å²) in [7, 11) is 0. The van der Waals surface area contributed by atoms with Crippen molar-refractivity contribution >= 4 is 33.4 Å². The van der Waals surface area contributed by atoms with E-state index in [1.54, 1.807) is 32.0 Å². The molecule has 102 valence electrons. The van der Waals surface area contributed by atoms with E-state index in [1.165, 1.54) is 4.90 Å². The molecule has 0 bridgehead atoms. The monoisotopic (exact) mass is 326 g/mol. The van der Waals surface area contributed by atoms with Gasteiger partial charge in [-0.05, 0) is 26.0 Å². The fourth-order valence-electron chi connectivity index (χ4n) is 1.90. The number of anilines is 1. The number of hydrogen-bond acceptors (Lipinski definition) is 3. The number of nitrogens with two attached hydrogens (primary N) is 1. The van der Waals surface area contributed by atoms with Gasteiger partial charge in [0.2, 0.25) is 5.91 Å². The fraction of sp³-hybridized carbons (Fsp3) is 0.385. The van der Waals surface area contributed by atoms with E-state index in [0.29, 0.717) is 11.4 Å². The third kappa shape index (κ3) is 2.73. The van der Waals surface area contributed by atoms with Gasteiger partial charge in [0, 0.05) is 0 Å². The molecule has 2 amide bonds. The maximum Gasteiger partial charge on any atom is 0.260 e. The molecule has 1 heterocycles. The first-order valence-electron chi connectivity index (χ1n) is 5.86. The molecule has 1 aromatic rings. The van der Waals surface area contributed by atoms with Crippen LogP contribution in [0.4, 0.5) is 5.69 Å². The zero-order valence-corrected chi connectivity index (χ0v) is 12.3. The largest absolute Gasteiger partial charge is 0.477 e. The molecule has 1 unspecified atom stereocenters. The molecule has 1 atom stereocenters. The highest BCUT2D eigenvalue weighted by Gasteiger charge is 2.37. The van der Waals surface area contributed by atoms with E-state index in [2.05, 4.69) is 15.9 Å². The summed E-state index contributed by atoms with van der Waals surface area (Å²) in [5.74, 6) is -0.239. The number of ether oxygens (including phenoxy) is 1. The summed E-state index contributed by atoms with van der Waals surface area (Å²) in [5.41, 5.74) is 5.93. The van der Waals surface area contributed by atoms with E-state index in [0.717, 1.165) is 0 Å². The van der Waals surface area contributed by atoms with Crippen molar-refractivity contribution in [2.45, 2.75) is 24.3 Å². The van der Waals surface area contributed by atoms with Gasteiger partial charge in [-0.3, -0.25) is 9.59 Å². The van der Waals surface area contributed by atoms with Crippen molar-refractivity contribution in [1.29, 1.82) is 0 Å². The number of rotatable bonds is 2. The van der Waals surface area contributed by atoms with Gasteiger partial charge < -0.3 is 15.4 Å². The molecule has 1 aliphatic heterocycles. The second-order valence-corrected chi connectivity index (χ2v) is 6.85. The summed E-state index contributed by atoms with van der Waals surface area (Å²) in [4.78, 5) is 25.3. The SMILES string of the molecule is CC(C)(Br)C(=O)N1CC(C(N)=O)Oc2ccccc21. The quantitative estimate of drug-likeness (QED) is 0.836. The second kappa shape index (κ2) is 4.85. The van der Waals surface area contributed by atoms with Crippen LogP contribution in [0.15, 0.2) is 24.3 Å². The Morgan fingerprint density at radius 1 is 1.42 bits per heavy atom. The summed E-state index contributed by atoms with van der Waals surface area (Å²) in [6, 6.07) is 7.09. The van der Waals surface area contributed by atoms with E-state index >= 15 is 0 Å². The lowest BCUT2D eigenvalue weighted by molar-refractivity contribution is -0.125. The molecule has 0 saturated carbocycles. The third-order valence-electron chi connectivity index (χ3n) is 2.84. The average Bonchev–Trinajstić information content (AvgIpc) is 2.35. The molecule has 1 aliphatic rings. The number of amides is 2. The van der Waals surface area contributed by atoms with Gasteiger partial charge in [0.1, 0.15) is 5.75 Å². The number of halogens is 1. The molecule has 6 heteroatoms. The normalized spacial score (nSPS) is 18.5. The van der Waals surface area contributed by atoms with Crippen LogP contribution in [0.5, 0.6) is 5.75 Å². The van der Waals surface area contributed by atoms with Crippen molar-refractivity contribution in [2.75, 3.05) is 11.4 Å². The van der Waals surface area contributed by atoms with Gasteiger partial charge in [-0.15, -0.1) is 0 Å². The number of carbonyl (C=O) groups is 2. The standard InChI is InChI=1S/C13H15BrN2O3/c1-13(2,14)12(18)16-7-10(11(15)17)19-9-6-4-3-5-8(9)16/h3-6,10H,7H2,1-2H3,(H2,15,17). The van der Waals surface area contributed by atoms with Crippen molar-refractivity contribution in [1.82, 2.24) is 0 Å². The summed E-state index contributed by atoms with van der Waals surface area (Å²) >= 11 is 3.34. The first-order chi connectivity index (χ1) is 8.80. The van der Waals surface area contributed by atoms with E-state index in [-0.39, 0.29) is 12.5 Å². The minimum Gasteiger partial charge on any atom is -0.477 e. The van der Waals surface area contributed by atoms with Crippen molar-refractivity contribution < 1.29 is 14.3 Å². The van der Waals surface area contributed by atoms with Crippen LogP contribution in [0.1, 0.15) is 13.8 Å². The van der Waals surface area contributed by atoms with Gasteiger partial charge in [0.15, 0.2) is 6.10 Å². The number of nitrogens with zero attached hydrogens (tertiary/aromatic N) is 1. The molecule has 1 aromatic carbocycles. The molecule has 0 spiro atoms. The molecular formula is C13H15BrN2O3. The maximum absolute atomic E-state index is 12.4. The van der Waals surface area contributed by atoms with Crippen LogP contribution in [-0.2, 0) is 9.59 Å². The number of carbonyl (C=O) groups excluding carboxylic acids is 2. The Hall–Kier alpha value is -1.56. The Morgan fingerprint density at radius 3 is 2.63 bits per heavy atom. The van der Waals surface area contributed by atoms with E-state index in [1.807, 2.05) is 6.07 Å². The number of primary amides is 1. The first kappa shape index (κ1) is 13.9. The molecule has 2 rings (SSSR count). The van der Waals surface area contributed by atoms with Crippen molar-refractivity contribution in [2.24, 2.45) is 5.73 Å². The van der Waals surface area contributed by atoms with Gasteiger partial charge in [0.05, 0.1) is 16.6 Å². The predicted octanol–water partition coefficient (Wildman–Crippen LogP) is 1.44. The van der Waals surface area contributed by atoms with Gasteiger partial charge in [0.25, 0.3) is 5.91 Å². The second-order valence-electron chi connectivity index (χ2n) is 4.86. The molecule has 0 aliphatic carbocycles. The van der Waals surface area contributed by atoms with Crippen LogP contribution in [0.2, 0.25) is 0 Å². The lowest BCUT2D eigenvalue weighted by atomic mass is 10.1. The Morgan fingerprint density at radius 2 is 2.05 bits per heavy atom. The number of para-hydroxylation sites is 2. The van der Waals surface area contributed by atoms with Gasteiger partial charge in [-0.1, -0.05) is 28.1 Å². The maximum atomic E-state index is 12.4. The zero-order valence-electron chi connectivity index (χ0n) is 10.7. The Labute approximate surface area is 119 Å². The molecule has 0 fully saturated rings. The van der Waals surface area contributed by atoms with Gasteiger partial charge in [-0.25, -0.2) is 0 Å². The molecule has 5 nitrogen and oxygen atoms in total. The first-order valence-corrected chi connectivity index (χ1v) is 6.66. The van der Waals surface area contributed by atoms with E-state index in [9.17, 15) is 9.59 Å². The van der Waals surface area contributed by atoms with Crippen molar-refractivity contribution in [3.63, 3.8) is 0 Å². The molecular weight excluding hydrogens is 312 g/mol. The zero-order chi connectivity index (χ0) is 14.2. The third-order valence-corrected chi connectivity index (χ3v) is 3.18. The lowest BCUT2D eigenvalue weighted by Gasteiger charge is -2.36. The number of fused-ring (bicyclic) bond motifs is 1.